The Kier molecular flexibility index (Phi) is 3.46. The second kappa shape index (κ2) is 5.15. The van der Waals surface area contributed by atoms with Gasteiger partial charge in [-0.2, -0.15) is 9.78 Å². The van der Waals surface area contributed by atoms with Gasteiger partial charge in [0.1, 0.15) is 5.82 Å². The topological polar surface area (TPSA) is 64.9 Å². The van der Waals surface area contributed by atoms with Crippen molar-refractivity contribution in [2.45, 2.75) is 26.1 Å². The van der Waals surface area contributed by atoms with Crippen molar-refractivity contribution in [2.24, 2.45) is 0 Å². The molecule has 0 atom stereocenters. The summed E-state index contributed by atoms with van der Waals surface area (Å²) in [6, 6.07) is 1.28. The van der Waals surface area contributed by atoms with Crippen molar-refractivity contribution >= 4 is 17.4 Å². The van der Waals surface area contributed by atoms with E-state index in [1.54, 1.807) is 0 Å². The van der Waals surface area contributed by atoms with Gasteiger partial charge in [-0.3, -0.25) is 0 Å². The molecule has 1 aliphatic rings. The van der Waals surface area contributed by atoms with Crippen LogP contribution >= 0.6 is 11.6 Å². The number of aromatic nitrogens is 4. The number of hydrogen-bond donors (Lipinski definition) is 1. The van der Waals surface area contributed by atoms with Crippen LogP contribution in [0.5, 0.6) is 0 Å². The maximum atomic E-state index is 12.7. The standard InChI is InChI=1S/C11H9ClF3N5O/c12-10-18-8-5-21-4-7(8)9(19-10)16-3-6-1-2-17-20(6)11(13,14)15/h1-2H,3-5H2,(H,16,18,19). The largest absolute Gasteiger partial charge is 0.504 e. The van der Waals surface area contributed by atoms with Crippen LogP contribution < -0.4 is 5.32 Å². The number of halogens is 4. The second-order valence-corrected chi connectivity index (χ2v) is 4.65. The number of alkyl halides is 3. The van der Waals surface area contributed by atoms with E-state index in [0.717, 1.165) is 6.20 Å². The fourth-order valence-electron chi connectivity index (χ4n) is 2.03. The SMILES string of the molecule is FC(F)(F)n1nccc1CNc1nc(Cl)nc2c1COC2. The van der Waals surface area contributed by atoms with Crippen molar-refractivity contribution in [1.82, 2.24) is 19.7 Å². The minimum atomic E-state index is -4.56. The second-order valence-electron chi connectivity index (χ2n) is 4.32. The first-order chi connectivity index (χ1) is 9.95. The number of fused-ring (bicyclic) bond motifs is 1. The van der Waals surface area contributed by atoms with Gasteiger partial charge in [-0.25, -0.2) is 9.97 Å². The van der Waals surface area contributed by atoms with Gasteiger partial charge in [0.25, 0.3) is 0 Å². The summed E-state index contributed by atoms with van der Waals surface area (Å²) in [6.45, 7) is 0.513. The summed E-state index contributed by atoms with van der Waals surface area (Å²) in [7, 11) is 0. The molecule has 112 valence electrons. The molecule has 0 unspecified atom stereocenters. The molecule has 0 fully saturated rings. The number of rotatable bonds is 3. The molecule has 2 aromatic heterocycles. The fourth-order valence-corrected chi connectivity index (χ4v) is 2.22. The van der Waals surface area contributed by atoms with Gasteiger partial charge < -0.3 is 10.1 Å². The molecule has 3 heterocycles. The summed E-state index contributed by atoms with van der Waals surface area (Å²) >= 11 is 5.78. The van der Waals surface area contributed by atoms with Crippen molar-refractivity contribution in [3.8, 4) is 0 Å². The summed E-state index contributed by atoms with van der Waals surface area (Å²) in [5.74, 6) is 0.373. The molecular weight excluding hydrogens is 311 g/mol. The first-order valence-corrected chi connectivity index (χ1v) is 6.30. The Morgan fingerprint density at radius 3 is 2.90 bits per heavy atom. The first kappa shape index (κ1) is 14.1. The van der Waals surface area contributed by atoms with Crippen molar-refractivity contribution < 1.29 is 17.9 Å². The first-order valence-electron chi connectivity index (χ1n) is 5.92. The predicted molar refractivity (Wildman–Crippen MR) is 66.4 cm³/mol. The normalized spacial score (nSPS) is 14.3. The lowest BCUT2D eigenvalue weighted by atomic mass is 10.2. The maximum absolute atomic E-state index is 12.7. The molecule has 0 aliphatic carbocycles. The van der Waals surface area contributed by atoms with Gasteiger partial charge in [-0.05, 0) is 17.7 Å². The molecule has 0 radical (unpaired) electrons. The van der Waals surface area contributed by atoms with Crippen LogP contribution in [0.15, 0.2) is 12.3 Å². The summed E-state index contributed by atoms with van der Waals surface area (Å²) in [6.07, 6.45) is -3.47. The predicted octanol–water partition coefficient (Wildman–Crippen LogP) is 2.45. The number of hydrogen-bond acceptors (Lipinski definition) is 5. The number of nitrogens with zero attached hydrogens (tertiary/aromatic N) is 4. The molecule has 6 nitrogen and oxygen atoms in total. The lowest BCUT2D eigenvalue weighted by Crippen LogP contribution is -2.22. The minimum Gasteiger partial charge on any atom is -0.370 e. The highest BCUT2D eigenvalue weighted by Crippen LogP contribution is 2.27. The Balaban J connectivity index is 1.82. The van der Waals surface area contributed by atoms with Crippen LogP contribution in [0.4, 0.5) is 19.0 Å². The Labute approximate surface area is 121 Å². The van der Waals surface area contributed by atoms with E-state index in [0.29, 0.717) is 30.3 Å². The van der Waals surface area contributed by atoms with Crippen molar-refractivity contribution in [1.29, 1.82) is 0 Å². The minimum absolute atomic E-state index is 0.000473. The highest BCUT2D eigenvalue weighted by molar-refractivity contribution is 6.28. The quantitative estimate of drug-likeness (QED) is 0.880. The number of nitrogens with one attached hydrogen (secondary N) is 1. The molecule has 2 aromatic rings. The van der Waals surface area contributed by atoms with Gasteiger partial charge in [0, 0.05) is 11.8 Å². The van der Waals surface area contributed by atoms with Crippen LogP contribution in [0.25, 0.3) is 0 Å². The van der Waals surface area contributed by atoms with E-state index in [1.165, 1.54) is 6.07 Å². The summed E-state index contributed by atoms with van der Waals surface area (Å²) in [5, 5.41) is 6.10. The molecule has 3 rings (SSSR count). The van der Waals surface area contributed by atoms with Crippen LogP contribution in [0.3, 0.4) is 0 Å². The number of anilines is 1. The zero-order chi connectivity index (χ0) is 15.0. The van der Waals surface area contributed by atoms with E-state index < -0.39 is 6.30 Å². The van der Waals surface area contributed by atoms with Gasteiger partial charge >= 0.3 is 6.30 Å². The van der Waals surface area contributed by atoms with Crippen LogP contribution in [0, 0.1) is 0 Å². The highest BCUT2D eigenvalue weighted by atomic mass is 35.5. The van der Waals surface area contributed by atoms with Crippen molar-refractivity contribution in [2.75, 3.05) is 5.32 Å². The smallest absolute Gasteiger partial charge is 0.370 e. The molecule has 21 heavy (non-hydrogen) atoms. The third-order valence-corrected chi connectivity index (χ3v) is 3.12. The zero-order valence-electron chi connectivity index (χ0n) is 10.5. The molecule has 0 bridgehead atoms. The van der Waals surface area contributed by atoms with Gasteiger partial charge in [-0.1, -0.05) is 0 Å². The van der Waals surface area contributed by atoms with Gasteiger partial charge in [0.2, 0.25) is 5.28 Å². The third kappa shape index (κ3) is 2.79. The van der Waals surface area contributed by atoms with Gasteiger partial charge in [0.15, 0.2) is 0 Å². The maximum Gasteiger partial charge on any atom is 0.504 e. The molecule has 0 spiro atoms. The van der Waals surface area contributed by atoms with E-state index in [9.17, 15) is 13.2 Å². The highest BCUT2D eigenvalue weighted by Gasteiger charge is 2.33. The van der Waals surface area contributed by atoms with Crippen molar-refractivity contribution in [3.05, 3.63) is 34.5 Å². The van der Waals surface area contributed by atoms with E-state index in [2.05, 4.69) is 20.4 Å². The Morgan fingerprint density at radius 2 is 2.14 bits per heavy atom. The van der Waals surface area contributed by atoms with Crippen LogP contribution in [-0.4, -0.2) is 19.7 Å². The molecule has 10 heteroatoms. The Bertz CT molecular complexity index is 672. The third-order valence-electron chi connectivity index (χ3n) is 2.95. The summed E-state index contributed by atoms with van der Waals surface area (Å²) < 4.78 is 43.3. The lowest BCUT2D eigenvalue weighted by molar-refractivity contribution is -0.213. The summed E-state index contributed by atoms with van der Waals surface area (Å²) in [5.41, 5.74) is 1.31. The van der Waals surface area contributed by atoms with Gasteiger partial charge in [-0.15, -0.1) is 13.2 Å². The van der Waals surface area contributed by atoms with E-state index in [1.807, 2.05) is 0 Å². The van der Waals surface area contributed by atoms with Crippen LogP contribution in [0.2, 0.25) is 5.28 Å². The lowest BCUT2D eigenvalue weighted by Gasteiger charge is -2.13. The fraction of sp³-hybridized carbons (Fsp3) is 0.364. The number of ether oxygens (including phenoxy) is 1. The molecule has 0 aromatic carbocycles. The summed E-state index contributed by atoms with van der Waals surface area (Å²) in [4.78, 5) is 8.00. The molecule has 1 N–H and O–H groups in total. The molecule has 0 saturated heterocycles. The van der Waals surface area contributed by atoms with Crippen LogP contribution in [-0.2, 0) is 30.8 Å². The van der Waals surface area contributed by atoms with E-state index in [-0.39, 0.29) is 22.2 Å². The van der Waals surface area contributed by atoms with E-state index >= 15 is 0 Å². The Hall–Kier alpha value is -1.87. The van der Waals surface area contributed by atoms with Gasteiger partial charge in [0.05, 0.1) is 31.1 Å². The molecule has 1 aliphatic heterocycles. The average Bonchev–Trinajstić information content (AvgIpc) is 3.02. The molecule has 0 saturated carbocycles. The van der Waals surface area contributed by atoms with E-state index in [4.69, 9.17) is 16.3 Å². The van der Waals surface area contributed by atoms with Crippen LogP contribution in [0.1, 0.15) is 17.0 Å². The average molecular weight is 320 g/mol. The zero-order valence-corrected chi connectivity index (χ0v) is 11.2. The monoisotopic (exact) mass is 319 g/mol. The van der Waals surface area contributed by atoms with Crippen molar-refractivity contribution in [3.63, 3.8) is 0 Å². The Morgan fingerprint density at radius 1 is 1.33 bits per heavy atom. The molecule has 0 amide bonds. The molecular formula is C11H9ClF3N5O.